The van der Waals surface area contributed by atoms with Crippen molar-refractivity contribution in [2.24, 2.45) is 11.3 Å². The molecule has 1 unspecified atom stereocenters. The molecule has 0 aliphatic heterocycles. The van der Waals surface area contributed by atoms with Gasteiger partial charge in [-0.05, 0) is 0 Å². The average Bonchev–Trinajstić information content (AvgIpc) is 3.61. The van der Waals surface area contributed by atoms with Crippen molar-refractivity contribution in [3.63, 3.8) is 0 Å². The summed E-state index contributed by atoms with van der Waals surface area (Å²) in [6.45, 7) is 8.50. The third-order valence-electron chi connectivity index (χ3n) is 9.01. The van der Waals surface area contributed by atoms with Crippen molar-refractivity contribution in [1.29, 1.82) is 0 Å². The second-order valence-electron chi connectivity index (χ2n) is 13.1. The van der Waals surface area contributed by atoms with E-state index in [1.54, 1.807) is 12.1 Å². The maximum Gasteiger partial charge on any atom is -1.00 e. The Hall–Kier alpha value is -2.73. The molecule has 0 bridgehead atoms. The number of halogens is 8. The molecule has 0 fully saturated rings. The first-order valence-corrected chi connectivity index (χ1v) is 19.1. The Morgan fingerprint density at radius 2 is 1.25 bits per heavy atom. The molecule has 0 saturated carbocycles. The van der Waals surface area contributed by atoms with Gasteiger partial charge in [-0.3, -0.25) is 0 Å². The maximum atomic E-state index is 14.1. The summed E-state index contributed by atoms with van der Waals surface area (Å²) in [7, 11) is 0. The second kappa shape index (κ2) is 14.3. The molecule has 0 N–H and O–H groups in total. The summed E-state index contributed by atoms with van der Waals surface area (Å²) < 4.78 is 87.8. The van der Waals surface area contributed by atoms with Crippen LogP contribution in [0, 0.1) is 11.3 Å². The van der Waals surface area contributed by atoms with E-state index in [1.807, 2.05) is 18.2 Å². The molecular weight excluding hydrogens is 745 g/mol. The molecule has 0 saturated heterocycles. The maximum absolute atomic E-state index is 14.1. The Bertz CT molecular complexity index is 1870. The van der Waals surface area contributed by atoms with Gasteiger partial charge < -0.3 is 24.8 Å². The van der Waals surface area contributed by atoms with Crippen molar-refractivity contribution < 1.29 is 72.4 Å². The average molecular weight is 779 g/mol. The van der Waals surface area contributed by atoms with Crippen LogP contribution in [-0.2, 0) is 40.0 Å². The van der Waals surface area contributed by atoms with Gasteiger partial charge in [0.1, 0.15) is 0 Å². The number of allylic oxidation sites excluding steroid dienone is 4. The summed E-state index contributed by atoms with van der Waals surface area (Å²) in [5.74, 6) is 0.0369. The molecule has 0 amide bonds. The zero-order valence-corrected chi connectivity index (χ0v) is 30.8. The van der Waals surface area contributed by atoms with Gasteiger partial charge >= 0.3 is 275 Å². The molecule has 0 nitrogen and oxygen atoms in total. The van der Waals surface area contributed by atoms with Crippen LogP contribution >= 0.6 is 0 Å². The smallest absolute Gasteiger partial charge is 1.00 e. The van der Waals surface area contributed by atoms with Crippen molar-refractivity contribution >= 4 is 6.48 Å². The molecule has 250 valence electrons. The van der Waals surface area contributed by atoms with Crippen LogP contribution < -0.4 is 28.1 Å². The van der Waals surface area contributed by atoms with Crippen LogP contribution in [0.3, 0.4) is 0 Å². The van der Waals surface area contributed by atoms with E-state index in [1.165, 1.54) is 21.0 Å². The van der Waals surface area contributed by atoms with E-state index in [9.17, 15) is 26.3 Å². The van der Waals surface area contributed by atoms with Gasteiger partial charge in [-0.15, -0.1) is 0 Å². The van der Waals surface area contributed by atoms with Gasteiger partial charge in [-0.25, -0.2) is 0 Å². The van der Waals surface area contributed by atoms with Gasteiger partial charge in [0.15, 0.2) is 0 Å². The molecule has 2 aliphatic carbocycles. The molecule has 2 aliphatic rings. The van der Waals surface area contributed by atoms with Gasteiger partial charge in [0.25, 0.3) is 0 Å². The van der Waals surface area contributed by atoms with E-state index in [-0.39, 0.29) is 36.1 Å². The Morgan fingerprint density at radius 1 is 0.708 bits per heavy atom. The zero-order chi connectivity index (χ0) is 33.0. The molecule has 0 aromatic heterocycles. The summed E-state index contributed by atoms with van der Waals surface area (Å²) in [6, 6.07) is 24.7. The van der Waals surface area contributed by atoms with Crippen LogP contribution in [0.5, 0.6) is 0 Å². The van der Waals surface area contributed by atoms with E-state index in [0.717, 1.165) is 56.2 Å². The second-order valence-corrected chi connectivity index (χ2v) is 18.9. The van der Waals surface area contributed by atoms with Gasteiger partial charge in [-0.1, -0.05) is 0 Å². The zero-order valence-electron chi connectivity index (χ0n) is 26.8. The van der Waals surface area contributed by atoms with Crippen LogP contribution in [0.1, 0.15) is 67.5 Å². The molecule has 48 heavy (non-hydrogen) atoms. The van der Waals surface area contributed by atoms with E-state index < -0.39 is 44.7 Å². The van der Waals surface area contributed by atoms with E-state index in [4.69, 9.17) is 0 Å². The van der Waals surface area contributed by atoms with Gasteiger partial charge in [0, 0.05) is 0 Å². The Labute approximate surface area is 298 Å². The van der Waals surface area contributed by atoms with Crippen molar-refractivity contribution in [2.75, 3.05) is 0 Å². The molecule has 0 spiro atoms. The summed E-state index contributed by atoms with van der Waals surface area (Å²) in [5, 5.41) is 0. The topological polar surface area (TPSA) is 0 Å². The summed E-state index contributed by atoms with van der Waals surface area (Å²) in [5.41, 5.74) is 4.53. The molecule has 0 heterocycles. The first-order valence-electron chi connectivity index (χ1n) is 15.4. The summed E-state index contributed by atoms with van der Waals surface area (Å²) >= 11 is -3.61. The summed E-state index contributed by atoms with van der Waals surface area (Å²) in [6.07, 6.45) is -3.26. The van der Waals surface area contributed by atoms with Crippen LogP contribution in [-0.4, -0.2) is 3.21 Å². The van der Waals surface area contributed by atoms with E-state index in [0.29, 0.717) is 20.8 Å². The SMILES string of the molecule is CCC1C=C(C(C)(C)C)C=[C]1[Zr+2](=[C](c1cccc(C(F)(F)F)c1)c1cccc(C(F)(F)F)c1)[c]1cccc2c1Cc1ccccc1-2.[Cl-].[Cl-]. The third-order valence-corrected chi connectivity index (χ3v) is 16.8. The van der Waals surface area contributed by atoms with Gasteiger partial charge in [0.05, 0.1) is 0 Å². The minimum atomic E-state index is -4.60. The first kappa shape index (κ1) is 38.1. The predicted molar refractivity (Wildman–Crippen MR) is 170 cm³/mol. The monoisotopic (exact) mass is 776 g/mol. The minimum absolute atomic E-state index is 0. The van der Waals surface area contributed by atoms with Crippen molar-refractivity contribution in [2.45, 2.75) is 52.9 Å². The third kappa shape index (κ3) is 7.39. The minimum Gasteiger partial charge on any atom is -1.00 e. The molecule has 4 aromatic carbocycles. The predicted octanol–water partition coefficient (Wildman–Crippen LogP) is 4.71. The van der Waals surface area contributed by atoms with Crippen molar-refractivity contribution in [3.8, 4) is 11.1 Å². The van der Waals surface area contributed by atoms with E-state index >= 15 is 0 Å². The number of benzene rings is 4. The molecule has 9 heteroatoms. The van der Waals surface area contributed by atoms with E-state index in [2.05, 4.69) is 64.1 Å². The molecular formula is C39H34Cl2F6Zr. The fourth-order valence-corrected chi connectivity index (χ4v) is 15.3. The van der Waals surface area contributed by atoms with Crippen LogP contribution in [0.2, 0.25) is 0 Å². The quantitative estimate of drug-likeness (QED) is 0.227. The first-order chi connectivity index (χ1) is 21.7. The van der Waals surface area contributed by atoms with Gasteiger partial charge in [-0.2, -0.15) is 0 Å². The molecule has 0 radical (unpaired) electrons. The fourth-order valence-electron chi connectivity index (χ4n) is 6.67. The number of alkyl halides is 6. The van der Waals surface area contributed by atoms with Crippen LogP contribution in [0.4, 0.5) is 26.3 Å². The number of hydrogen-bond acceptors (Lipinski definition) is 0. The standard InChI is InChI=1S/C15H8F6.C13H9.C11H17.2ClH.Zr/c16-14(17,18)12-5-1-3-10(8-12)7-11-4-2-6-13(9-11)15(19,20)21;1-3-7-12-10(5-1)9-11-6-2-4-8-13(11)12;1-5-9-6-7-10(8-9)11(2,3)4;;;/h1-6,8-9H;1-5,7-8H,9H2;7-9H,5H2,1-4H3;2*1H;/q;;;;;+2/p-2. The normalized spacial score (nSPS) is 15.2. The Kier molecular flexibility index (Phi) is 11.3. The van der Waals surface area contributed by atoms with Gasteiger partial charge in [0.2, 0.25) is 0 Å². The van der Waals surface area contributed by atoms with Crippen molar-refractivity contribution in [3.05, 3.63) is 145 Å². The Morgan fingerprint density at radius 3 is 1.79 bits per heavy atom. The van der Waals surface area contributed by atoms with Crippen molar-refractivity contribution in [1.82, 2.24) is 0 Å². The molecule has 4 aromatic rings. The molecule has 6 rings (SSSR count). The number of hydrogen-bond donors (Lipinski definition) is 0. The fraction of sp³-hybridized carbons (Fsp3) is 0.256. The summed E-state index contributed by atoms with van der Waals surface area (Å²) in [4.78, 5) is 0. The molecule has 1 atom stereocenters. The largest absolute Gasteiger partial charge is 1.00 e. The Balaban J connectivity index is 0.00000260. The number of fused-ring (bicyclic) bond motifs is 3. The van der Waals surface area contributed by atoms with Crippen LogP contribution in [0.15, 0.2) is 112 Å². The van der Waals surface area contributed by atoms with Crippen LogP contribution in [0.25, 0.3) is 11.1 Å². The number of rotatable bonds is 5.